The fourth-order valence-corrected chi connectivity index (χ4v) is 3.33. The molecule has 0 aliphatic carbocycles. The first kappa shape index (κ1) is 18.3. The van der Waals surface area contributed by atoms with Crippen molar-refractivity contribution < 1.29 is 18.7 Å². The first-order chi connectivity index (χ1) is 13.8. The highest BCUT2D eigenvalue weighted by Gasteiger charge is 2.21. The van der Waals surface area contributed by atoms with E-state index in [0.717, 1.165) is 25.0 Å². The number of furan rings is 1. The Morgan fingerprint density at radius 2 is 2.00 bits per heavy atom. The quantitative estimate of drug-likeness (QED) is 0.665. The van der Waals surface area contributed by atoms with Gasteiger partial charge in [0.1, 0.15) is 24.2 Å². The van der Waals surface area contributed by atoms with Gasteiger partial charge in [-0.1, -0.05) is 36.4 Å². The molecule has 0 bridgehead atoms. The lowest BCUT2D eigenvalue weighted by Crippen LogP contribution is -2.29. The van der Waals surface area contributed by atoms with Gasteiger partial charge in [0.2, 0.25) is 0 Å². The van der Waals surface area contributed by atoms with E-state index in [0.29, 0.717) is 23.7 Å². The van der Waals surface area contributed by atoms with Crippen LogP contribution in [0.3, 0.4) is 0 Å². The molecule has 1 amide bonds. The minimum absolute atomic E-state index is 0.138. The average Bonchev–Trinajstić information content (AvgIpc) is 3.45. The van der Waals surface area contributed by atoms with Gasteiger partial charge in [0.15, 0.2) is 0 Å². The molecule has 3 aromatic rings. The maximum absolute atomic E-state index is 12.9. The van der Waals surface area contributed by atoms with Gasteiger partial charge in [-0.05, 0) is 48.7 Å². The minimum atomic E-state index is -0.361. The van der Waals surface area contributed by atoms with Crippen LogP contribution in [0, 0.1) is 0 Å². The highest BCUT2D eigenvalue weighted by molar-refractivity contribution is 5.95. The molecule has 28 heavy (non-hydrogen) atoms. The Morgan fingerprint density at radius 1 is 1.11 bits per heavy atom. The minimum Gasteiger partial charge on any atom is -0.491 e. The molecule has 0 saturated carbocycles. The number of hydrogen-bond acceptors (Lipinski definition) is 4. The average molecular weight is 377 g/mol. The van der Waals surface area contributed by atoms with E-state index in [2.05, 4.69) is 5.32 Å². The zero-order chi connectivity index (χ0) is 19.2. The fourth-order valence-electron chi connectivity index (χ4n) is 3.33. The number of rotatable bonds is 7. The Kier molecular flexibility index (Phi) is 5.73. The maximum Gasteiger partial charge on any atom is 0.252 e. The summed E-state index contributed by atoms with van der Waals surface area (Å²) in [4.78, 5) is 12.9. The van der Waals surface area contributed by atoms with E-state index in [1.165, 1.54) is 0 Å². The van der Waals surface area contributed by atoms with Crippen LogP contribution in [0.15, 0.2) is 77.4 Å². The molecule has 5 heteroatoms. The topological polar surface area (TPSA) is 60.7 Å². The van der Waals surface area contributed by atoms with E-state index >= 15 is 0 Å². The van der Waals surface area contributed by atoms with Crippen molar-refractivity contribution in [2.75, 3.05) is 13.2 Å². The summed E-state index contributed by atoms with van der Waals surface area (Å²) >= 11 is 0. The highest BCUT2D eigenvalue weighted by atomic mass is 16.5. The molecular formula is C23H23NO4. The fraction of sp³-hybridized carbons (Fsp3) is 0.261. The first-order valence-electron chi connectivity index (χ1n) is 9.53. The van der Waals surface area contributed by atoms with Crippen LogP contribution in [0.2, 0.25) is 0 Å². The molecule has 2 heterocycles. The van der Waals surface area contributed by atoms with E-state index in [9.17, 15) is 4.79 Å². The number of carbonyl (C=O) groups is 1. The molecule has 1 aliphatic rings. The van der Waals surface area contributed by atoms with Crippen molar-refractivity contribution in [3.8, 4) is 5.75 Å². The molecule has 1 aromatic heterocycles. The number of carbonyl (C=O) groups excluding carboxylic acids is 1. The third-order valence-corrected chi connectivity index (χ3v) is 4.79. The summed E-state index contributed by atoms with van der Waals surface area (Å²) in [5.74, 6) is 1.16. The molecule has 1 N–H and O–H groups in total. The van der Waals surface area contributed by atoms with Crippen LogP contribution in [0.5, 0.6) is 5.75 Å². The molecule has 1 fully saturated rings. The van der Waals surface area contributed by atoms with Crippen LogP contribution in [-0.4, -0.2) is 25.2 Å². The maximum atomic E-state index is 12.9. The standard InChI is InChI=1S/C23H23NO4/c25-23(18-9-4-10-19(15-18)28-16-20-11-5-13-26-20)24-22(21-12-6-14-27-21)17-7-2-1-3-8-17/h1-4,6-10,12,14-15,20,22H,5,11,13,16H2,(H,24,25). The van der Waals surface area contributed by atoms with E-state index in [4.69, 9.17) is 13.9 Å². The Hall–Kier alpha value is -3.05. The summed E-state index contributed by atoms with van der Waals surface area (Å²) in [6.07, 6.45) is 3.84. The summed E-state index contributed by atoms with van der Waals surface area (Å²) in [5.41, 5.74) is 1.49. The van der Waals surface area contributed by atoms with Crippen molar-refractivity contribution in [1.82, 2.24) is 5.32 Å². The lowest BCUT2D eigenvalue weighted by atomic mass is 10.0. The number of amides is 1. The summed E-state index contributed by atoms with van der Waals surface area (Å²) in [7, 11) is 0. The van der Waals surface area contributed by atoms with Gasteiger partial charge < -0.3 is 19.2 Å². The Balaban J connectivity index is 1.47. The van der Waals surface area contributed by atoms with Crippen molar-refractivity contribution in [2.24, 2.45) is 0 Å². The van der Waals surface area contributed by atoms with Gasteiger partial charge in [0.05, 0.1) is 12.4 Å². The van der Waals surface area contributed by atoms with E-state index in [1.807, 2.05) is 54.6 Å². The molecule has 2 unspecified atom stereocenters. The normalized spacial score (nSPS) is 17.2. The van der Waals surface area contributed by atoms with Gasteiger partial charge >= 0.3 is 0 Å². The number of hydrogen-bond donors (Lipinski definition) is 1. The lowest BCUT2D eigenvalue weighted by Gasteiger charge is -2.18. The molecule has 144 valence electrons. The largest absolute Gasteiger partial charge is 0.491 e. The molecule has 2 atom stereocenters. The molecule has 0 spiro atoms. The van der Waals surface area contributed by atoms with Crippen molar-refractivity contribution in [1.29, 1.82) is 0 Å². The summed E-state index contributed by atoms with van der Waals surface area (Å²) in [5, 5.41) is 3.06. The van der Waals surface area contributed by atoms with Crippen LogP contribution in [0.4, 0.5) is 0 Å². The first-order valence-corrected chi connectivity index (χ1v) is 9.53. The monoisotopic (exact) mass is 377 g/mol. The predicted octanol–water partition coefficient (Wildman–Crippen LogP) is 4.36. The van der Waals surface area contributed by atoms with E-state index in [-0.39, 0.29) is 18.1 Å². The summed E-state index contributed by atoms with van der Waals surface area (Å²) in [6.45, 7) is 1.30. The van der Waals surface area contributed by atoms with Gasteiger partial charge in [-0.3, -0.25) is 4.79 Å². The zero-order valence-electron chi connectivity index (χ0n) is 15.5. The third kappa shape index (κ3) is 4.43. The van der Waals surface area contributed by atoms with Gasteiger partial charge in [-0.2, -0.15) is 0 Å². The third-order valence-electron chi connectivity index (χ3n) is 4.79. The van der Waals surface area contributed by atoms with Crippen LogP contribution >= 0.6 is 0 Å². The van der Waals surface area contributed by atoms with Crippen LogP contribution in [-0.2, 0) is 4.74 Å². The van der Waals surface area contributed by atoms with Crippen molar-refractivity contribution in [2.45, 2.75) is 25.0 Å². The van der Waals surface area contributed by atoms with Gasteiger partial charge in [-0.15, -0.1) is 0 Å². The Morgan fingerprint density at radius 3 is 2.75 bits per heavy atom. The summed E-state index contributed by atoms with van der Waals surface area (Å²) in [6, 6.07) is 20.3. The Bertz CT molecular complexity index is 886. The lowest BCUT2D eigenvalue weighted by molar-refractivity contribution is 0.0679. The second-order valence-electron chi connectivity index (χ2n) is 6.81. The molecular weight excluding hydrogens is 354 g/mol. The second kappa shape index (κ2) is 8.76. The van der Waals surface area contributed by atoms with E-state index in [1.54, 1.807) is 18.4 Å². The Labute approximate surface area is 164 Å². The SMILES string of the molecule is O=C(NC(c1ccccc1)c1ccco1)c1cccc(OCC2CCCO2)c1. The van der Waals surface area contributed by atoms with Crippen molar-refractivity contribution in [3.63, 3.8) is 0 Å². The van der Waals surface area contributed by atoms with Crippen LogP contribution in [0.25, 0.3) is 0 Å². The molecule has 4 rings (SSSR count). The molecule has 5 nitrogen and oxygen atoms in total. The number of benzene rings is 2. The van der Waals surface area contributed by atoms with E-state index < -0.39 is 0 Å². The number of ether oxygens (including phenoxy) is 2. The van der Waals surface area contributed by atoms with Crippen molar-refractivity contribution in [3.05, 3.63) is 89.9 Å². The predicted molar refractivity (Wildman–Crippen MR) is 105 cm³/mol. The molecule has 0 radical (unpaired) electrons. The van der Waals surface area contributed by atoms with Gasteiger partial charge in [-0.25, -0.2) is 0 Å². The zero-order valence-corrected chi connectivity index (χ0v) is 15.5. The molecule has 1 saturated heterocycles. The van der Waals surface area contributed by atoms with Crippen LogP contribution in [0.1, 0.15) is 40.6 Å². The van der Waals surface area contributed by atoms with Gasteiger partial charge in [0, 0.05) is 12.2 Å². The summed E-state index contributed by atoms with van der Waals surface area (Å²) < 4.78 is 17.0. The highest BCUT2D eigenvalue weighted by Crippen LogP contribution is 2.24. The van der Waals surface area contributed by atoms with Crippen molar-refractivity contribution >= 4 is 5.91 Å². The number of nitrogens with one attached hydrogen (secondary N) is 1. The van der Waals surface area contributed by atoms with Gasteiger partial charge in [0.25, 0.3) is 5.91 Å². The molecule has 1 aliphatic heterocycles. The smallest absolute Gasteiger partial charge is 0.252 e. The second-order valence-corrected chi connectivity index (χ2v) is 6.81. The van der Waals surface area contributed by atoms with Crippen LogP contribution < -0.4 is 10.1 Å². The molecule has 2 aromatic carbocycles.